The molecule has 30 heavy (non-hydrogen) atoms. The number of anilines is 1. The Morgan fingerprint density at radius 2 is 1.77 bits per heavy atom. The summed E-state index contributed by atoms with van der Waals surface area (Å²) < 4.78 is 11.0. The molecule has 9 nitrogen and oxygen atoms in total. The van der Waals surface area contributed by atoms with Crippen LogP contribution in [0.4, 0.5) is 5.82 Å². The minimum absolute atomic E-state index is 0.0833. The van der Waals surface area contributed by atoms with Crippen LogP contribution in [0.15, 0.2) is 12.5 Å². The molecule has 9 heteroatoms. The number of carbonyl (C=O) groups excluding carboxylic acids is 3. The van der Waals surface area contributed by atoms with Crippen LogP contribution in [0, 0.1) is 5.92 Å². The molecule has 0 fully saturated rings. The quantitative estimate of drug-likeness (QED) is 0.551. The molecule has 0 aliphatic carbocycles. The lowest BCUT2D eigenvalue weighted by Gasteiger charge is -2.24. The lowest BCUT2D eigenvalue weighted by Crippen LogP contribution is -2.35. The van der Waals surface area contributed by atoms with Crippen LogP contribution in [-0.4, -0.2) is 47.7 Å². The highest BCUT2D eigenvalue weighted by molar-refractivity contribution is 5.93. The Morgan fingerprint density at radius 3 is 2.20 bits per heavy atom. The molecule has 1 atom stereocenters. The Kier molecular flexibility index (Phi) is 12.6. The van der Waals surface area contributed by atoms with Gasteiger partial charge in [0.25, 0.3) is 0 Å². The number of hydrogen-bond acceptors (Lipinski definition) is 7. The summed E-state index contributed by atoms with van der Waals surface area (Å²) in [5.41, 5.74) is 5.25. The maximum Gasteiger partial charge on any atom is 0.308 e. The van der Waals surface area contributed by atoms with Crippen LogP contribution in [-0.2, 0) is 29.4 Å². The first kappa shape index (κ1) is 27.6. The highest BCUT2D eigenvalue weighted by Crippen LogP contribution is 2.22. The zero-order valence-corrected chi connectivity index (χ0v) is 19.4. The third-order valence-corrected chi connectivity index (χ3v) is 4.79. The fourth-order valence-electron chi connectivity index (χ4n) is 2.68. The Bertz CT molecular complexity index is 668. The summed E-state index contributed by atoms with van der Waals surface area (Å²) in [6, 6.07) is -0.539. The van der Waals surface area contributed by atoms with Crippen molar-refractivity contribution in [1.82, 2.24) is 9.55 Å². The number of amides is 1. The van der Waals surface area contributed by atoms with Gasteiger partial charge in [-0.2, -0.15) is 0 Å². The van der Waals surface area contributed by atoms with E-state index < -0.39 is 11.6 Å². The summed E-state index contributed by atoms with van der Waals surface area (Å²) in [4.78, 5) is 38.1. The van der Waals surface area contributed by atoms with Gasteiger partial charge in [0.2, 0.25) is 5.91 Å². The van der Waals surface area contributed by atoms with Gasteiger partial charge in [0.15, 0.2) is 5.82 Å². The van der Waals surface area contributed by atoms with Crippen LogP contribution >= 0.6 is 0 Å². The Balaban J connectivity index is 0.000000787. The number of rotatable bonds is 10. The zero-order valence-electron chi connectivity index (χ0n) is 19.4. The molecule has 1 unspecified atom stereocenters. The van der Waals surface area contributed by atoms with Crippen molar-refractivity contribution in [3.8, 4) is 0 Å². The number of ether oxygens (including phenoxy) is 2. The summed E-state index contributed by atoms with van der Waals surface area (Å²) in [5, 5.41) is 2.67. The smallest absolute Gasteiger partial charge is 0.308 e. The van der Waals surface area contributed by atoms with Gasteiger partial charge >= 0.3 is 11.9 Å². The predicted molar refractivity (Wildman–Crippen MR) is 116 cm³/mol. The van der Waals surface area contributed by atoms with E-state index in [-0.39, 0.29) is 30.2 Å². The normalized spacial score (nSPS) is 11.9. The van der Waals surface area contributed by atoms with Crippen molar-refractivity contribution in [1.29, 1.82) is 0 Å². The van der Waals surface area contributed by atoms with Gasteiger partial charge in [0.1, 0.15) is 0 Å². The van der Waals surface area contributed by atoms with Gasteiger partial charge in [-0.05, 0) is 33.1 Å². The number of esters is 2. The van der Waals surface area contributed by atoms with E-state index >= 15 is 0 Å². The molecule has 1 heterocycles. The second-order valence-electron chi connectivity index (χ2n) is 7.65. The van der Waals surface area contributed by atoms with E-state index in [0.717, 1.165) is 19.3 Å². The van der Waals surface area contributed by atoms with Crippen molar-refractivity contribution >= 4 is 23.7 Å². The van der Waals surface area contributed by atoms with Gasteiger partial charge in [-0.1, -0.05) is 27.2 Å². The maximum absolute atomic E-state index is 11.8. The summed E-state index contributed by atoms with van der Waals surface area (Å²) in [5.74, 6) is -0.114. The zero-order chi connectivity index (χ0) is 23.3. The van der Waals surface area contributed by atoms with Gasteiger partial charge in [-0.15, -0.1) is 0 Å². The summed E-state index contributed by atoms with van der Waals surface area (Å²) in [6.45, 7) is 9.73. The van der Waals surface area contributed by atoms with E-state index in [4.69, 9.17) is 5.73 Å². The third-order valence-electron chi connectivity index (χ3n) is 4.79. The molecule has 0 aliphatic rings. The fraction of sp³-hybridized carbons (Fsp3) is 0.714. The number of aromatic nitrogens is 2. The molecule has 0 bridgehead atoms. The minimum Gasteiger partial charge on any atom is -0.469 e. The number of nitrogens with zero attached hydrogens (tertiary/aromatic N) is 2. The van der Waals surface area contributed by atoms with Crippen molar-refractivity contribution in [3.05, 3.63) is 12.5 Å². The molecule has 172 valence electrons. The number of nitrogens with two attached hydrogens (primary N) is 1. The van der Waals surface area contributed by atoms with Crippen LogP contribution in [0.25, 0.3) is 0 Å². The Labute approximate surface area is 179 Å². The molecule has 0 saturated carbocycles. The molecule has 1 aromatic heterocycles. The first-order chi connectivity index (χ1) is 14.1. The van der Waals surface area contributed by atoms with Gasteiger partial charge in [-0.3, -0.25) is 14.4 Å². The van der Waals surface area contributed by atoms with Crippen molar-refractivity contribution in [2.75, 3.05) is 19.5 Å². The van der Waals surface area contributed by atoms with Crippen molar-refractivity contribution < 1.29 is 23.9 Å². The third kappa shape index (κ3) is 9.39. The predicted octanol–water partition coefficient (Wildman–Crippen LogP) is 2.84. The fourth-order valence-corrected chi connectivity index (χ4v) is 2.68. The number of methoxy groups -OCH3 is 2. The van der Waals surface area contributed by atoms with Crippen LogP contribution in [0.1, 0.15) is 66.7 Å². The minimum atomic E-state index is -0.539. The van der Waals surface area contributed by atoms with Gasteiger partial charge in [0.05, 0.1) is 44.5 Å². The standard InChI is InChI=1S/C14H24N4O3.C7H14O2/c1-5-6-10(15)13(20)17-11-8-18(9-16-11)14(2,3)7-12(19)21-4;1-4-6(5-2)7(8)9-3/h8-10H,5-7,15H2,1-4H3,(H,17,20);6H,4-5H2,1-3H3. The summed E-state index contributed by atoms with van der Waals surface area (Å²) in [7, 11) is 2.79. The van der Waals surface area contributed by atoms with E-state index in [1.807, 2.05) is 34.6 Å². The molecule has 1 amide bonds. The second-order valence-corrected chi connectivity index (χ2v) is 7.65. The van der Waals surface area contributed by atoms with Gasteiger partial charge in [0, 0.05) is 6.20 Å². The molecule has 1 aromatic rings. The number of imidazole rings is 1. The topological polar surface area (TPSA) is 126 Å². The van der Waals surface area contributed by atoms with Crippen LogP contribution in [0.5, 0.6) is 0 Å². The van der Waals surface area contributed by atoms with Crippen LogP contribution in [0.3, 0.4) is 0 Å². The van der Waals surface area contributed by atoms with Crippen molar-refractivity contribution in [3.63, 3.8) is 0 Å². The average molecular weight is 427 g/mol. The first-order valence-corrected chi connectivity index (χ1v) is 10.3. The number of hydrogen-bond donors (Lipinski definition) is 2. The largest absolute Gasteiger partial charge is 0.469 e. The second kappa shape index (κ2) is 13.7. The van der Waals surface area contributed by atoms with Gasteiger partial charge < -0.3 is 25.1 Å². The van der Waals surface area contributed by atoms with Gasteiger partial charge in [-0.25, -0.2) is 4.98 Å². The molecule has 3 N–H and O–H groups in total. The molecular weight excluding hydrogens is 388 g/mol. The summed E-state index contributed by atoms with van der Waals surface area (Å²) >= 11 is 0. The number of nitrogens with one attached hydrogen (secondary N) is 1. The summed E-state index contributed by atoms with van der Waals surface area (Å²) in [6.07, 6.45) is 6.69. The van der Waals surface area contributed by atoms with E-state index in [0.29, 0.717) is 12.2 Å². The average Bonchev–Trinajstić information content (AvgIpc) is 3.18. The monoisotopic (exact) mass is 426 g/mol. The van der Waals surface area contributed by atoms with E-state index in [1.165, 1.54) is 14.2 Å². The lowest BCUT2D eigenvalue weighted by atomic mass is 10.0. The van der Waals surface area contributed by atoms with Crippen LogP contribution in [0.2, 0.25) is 0 Å². The molecule has 0 aromatic carbocycles. The first-order valence-electron chi connectivity index (χ1n) is 10.3. The Morgan fingerprint density at radius 1 is 1.17 bits per heavy atom. The maximum atomic E-state index is 11.8. The molecule has 0 spiro atoms. The highest BCUT2D eigenvalue weighted by atomic mass is 16.5. The van der Waals surface area contributed by atoms with Crippen molar-refractivity contribution in [2.24, 2.45) is 11.7 Å². The molecular formula is C21H38N4O5. The Hall–Kier alpha value is -2.42. The van der Waals surface area contributed by atoms with E-state index in [1.54, 1.807) is 17.1 Å². The lowest BCUT2D eigenvalue weighted by molar-refractivity contribution is -0.145. The van der Waals surface area contributed by atoms with E-state index in [9.17, 15) is 14.4 Å². The highest BCUT2D eigenvalue weighted by Gasteiger charge is 2.25. The van der Waals surface area contributed by atoms with E-state index in [2.05, 4.69) is 19.8 Å². The molecule has 0 radical (unpaired) electrons. The molecule has 1 rings (SSSR count). The van der Waals surface area contributed by atoms with Crippen molar-refractivity contribution in [2.45, 2.75) is 78.3 Å². The van der Waals surface area contributed by atoms with Crippen LogP contribution < -0.4 is 11.1 Å². The SMILES string of the molecule is CCC(CC)C(=O)OC.CCCC(N)C(=O)Nc1cn(C(C)(C)CC(=O)OC)cn1. The molecule has 0 saturated heterocycles. The molecule has 0 aliphatic heterocycles. The number of carbonyl (C=O) groups is 3.